The van der Waals surface area contributed by atoms with Gasteiger partial charge in [0.25, 0.3) is 0 Å². The average molecular weight is 374 g/mol. The van der Waals surface area contributed by atoms with Crippen molar-refractivity contribution in [1.29, 1.82) is 0 Å². The molecule has 1 aliphatic rings. The minimum atomic E-state index is -0.362. The van der Waals surface area contributed by atoms with Gasteiger partial charge in [-0.1, -0.05) is 18.2 Å². The molecule has 1 aromatic carbocycles. The van der Waals surface area contributed by atoms with Crippen molar-refractivity contribution in [2.45, 2.75) is 25.4 Å². The van der Waals surface area contributed by atoms with Crippen LogP contribution in [0.1, 0.15) is 35.3 Å². The van der Waals surface area contributed by atoms with Gasteiger partial charge in [-0.3, -0.25) is 4.98 Å². The Kier molecular flexibility index (Phi) is 3.75. The summed E-state index contributed by atoms with van der Waals surface area (Å²) in [4.78, 5) is 8.83. The van der Waals surface area contributed by atoms with Gasteiger partial charge in [-0.15, -0.1) is 0 Å². The molecule has 3 aromatic heterocycles. The number of nitrogens with one attached hydrogen (secondary N) is 1. The van der Waals surface area contributed by atoms with E-state index in [-0.39, 0.29) is 17.9 Å². The van der Waals surface area contributed by atoms with E-state index in [2.05, 4.69) is 26.4 Å². The van der Waals surface area contributed by atoms with Crippen molar-refractivity contribution in [3.8, 4) is 0 Å². The van der Waals surface area contributed by atoms with Crippen LogP contribution in [0.2, 0.25) is 0 Å². The molecule has 3 N–H and O–H groups in total. The average Bonchev–Trinajstić information content (AvgIpc) is 3.08. The molecule has 0 radical (unpaired) electrons. The third-order valence-corrected chi connectivity index (χ3v) is 5.39. The molecule has 4 aromatic rings. The van der Waals surface area contributed by atoms with Crippen molar-refractivity contribution >= 4 is 22.5 Å². The molecule has 0 aliphatic carbocycles. The number of benzene rings is 1. The van der Waals surface area contributed by atoms with E-state index in [4.69, 9.17) is 5.73 Å². The molecule has 6 nitrogen and oxygen atoms in total. The van der Waals surface area contributed by atoms with E-state index in [9.17, 15) is 4.39 Å². The number of nitrogens with zero attached hydrogens (tertiary/aromatic N) is 4. The van der Waals surface area contributed by atoms with Crippen LogP contribution >= 0.6 is 0 Å². The first-order chi connectivity index (χ1) is 13.6. The Hall–Kier alpha value is -3.48. The van der Waals surface area contributed by atoms with Crippen LogP contribution in [0.25, 0.3) is 10.9 Å². The number of nitrogens with two attached hydrogens (primary N) is 1. The molecule has 0 amide bonds. The summed E-state index contributed by atoms with van der Waals surface area (Å²) in [6, 6.07) is 13.4. The summed E-state index contributed by atoms with van der Waals surface area (Å²) >= 11 is 0. The number of nitrogen functional groups attached to an aromatic ring is 1. The van der Waals surface area contributed by atoms with Crippen LogP contribution in [-0.2, 0) is 0 Å². The maximum Gasteiger partial charge on any atom is 0.185 e. The lowest BCUT2D eigenvalue weighted by Crippen LogP contribution is -2.28. The highest BCUT2D eigenvalue weighted by Gasteiger charge is 2.32. The van der Waals surface area contributed by atoms with Gasteiger partial charge in [0.1, 0.15) is 5.82 Å². The fourth-order valence-corrected chi connectivity index (χ4v) is 4.07. The van der Waals surface area contributed by atoms with Crippen molar-refractivity contribution in [2.24, 2.45) is 0 Å². The molecule has 0 spiro atoms. The van der Waals surface area contributed by atoms with Gasteiger partial charge in [-0.25, -0.2) is 14.1 Å². The standard InChI is InChI=1S/C21H19FN6/c1-12-13(5-3-9-24-12)19-10-18(27-21-16(22)11-25-28(19)21)14-4-2-6-17-15(14)7-8-20(23)26-17/h2-9,11,18-19,27H,10H2,1H3,(H2,23,26)/t18-,19+/m0/s1. The number of hydrogen-bond donors (Lipinski definition) is 2. The molecule has 0 bridgehead atoms. The van der Waals surface area contributed by atoms with E-state index in [1.54, 1.807) is 16.9 Å². The lowest BCUT2D eigenvalue weighted by atomic mass is 9.90. The quantitative estimate of drug-likeness (QED) is 0.554. The second-order valence-corrected chi connectivity index (χ2v) is 7.06. The smallest absolute Gasteiger partial charge is 0.185 e. The first-order valence-corrected chi connectivity index (χ1v) is 9.18. The number of anilines is 2. The maximum atomic E-state index is 14.5. The fraction of sp³-hybridized carbons (Fsp3) is 0.190. The van der Waals surface area contributed by atoms with Crippen molar-refractivity contribution in [1.82, 2.24) is 19.7 Å². The first kappa shape index (κ1) is 16.7. The van der Waals surface area contributed by atoms with Crippen LogP contribution in [0.4, 0.5) is 16.0 Å². The van der Waals surface area contributed by atoms with Crippen LogP contribution < -0.4 is 11.1 Å². The highest BCUT2D eigenvalue weighted by atomic mass is 19.1. The predicted molar refractivity (Wildman–Crippen MR) is 106 cm³/mol. The summed E-state index contributed by atoms with van der Waals surface area (Å²) in [6.45, 7) is 1.97. The van der Waals surface area contributed by atoms with Gasteiger partial charge in [0.15, 0.2) is 11.6 Å². The van der Waals surface area contributed by atoms with Crippen LogP contribution in [0, 0.1) is 12.7 Å². The summed E-state index contributed by atoms with van der Waals surface area (Å²) in [5.41, 5.74) is 9.69. The predicted octanol–water partition coefficient (Wildman–Crippen LogP) is 4.00. The van der Waals surface area contributed by atoms with Crippen LogP contribution in [0.15, 0.2) is 54.9 Å². The van der Waals surface area contributed by atoms with Gasteiger partial charge in [-0.2, -0.15) is 5.10 Å². The number of hydrogen-bond acceptors (Lipinski definition) is 5. The maximum absolute atomic E-state index is 14.5. The number of aromatic nitrogens is 4. The van der Waals surface area contributed by atoms with Crippen molar-refractivity contribution < 1.29 is 4.39 Å². The minimum absolute atomic E-state index is 0.0996. The Balaban J connectivity index is 1.65. The molecular weight excluding hydrogens is 355 g/mol. The molecule has 28 heavy (non-hydrogen) atoms. The molecular formula is C21H19FN6. The molecule has 0 unspecified atom stereocenters. The van der Waals surface area contributed by atoms with E-state index < -0.39 is 0 Å². The van der Waals surface area contributed by atoms with Crippen molar-refractivity contribution in [3.63, 3.8) is 0 Å². The Bertz CT molecular complexity index is 1180. The van der Waals surface area contributed by atoms with Gasteiger partial charge in [0.2, 0.25) is 0 Å². The zero-order chi connectivity index (χ0) is 19.3. The third-order valence-electron chi connectivity index (χ3n) is 5.39. The third kappa shape index (κ3) is 2.58. The summed E-state index contributed by atoms with van der Waals surface area (Å²) < 4.78 is 16.2. The van der Waals surface area contributed by atoms with Crippen molar-refractivity contribution in [2.75, 3.05) is 11.1 Å². The monoisotopic (exact) mass is 374 g/mol. The SMILES string of the molecule is Cc1ncccc1[C@H]1C[C@@H](c2cccc3nc(N)ccc23)Nc2c(F)cnn21. The first-order valence-electron chi connectivity index (χ1n) is 9.18. The molecule has 0 saturated carbocycles. The lowest BCUT2D eigenvalue weighted by molar-refractivity contribution is 0.427. The lowest BCUT2D eigenvalue weighted by Gasteiger charge is -2.33. The number of aryl methyl sites for hydroxylation is 1. The van der Waals surface area contributed by atoms with Gasteiger partial charge < -0.3 is 11.1 Å². The van der Waals surface area contributed by atoms with Gasteiger partial charge in [0, 0.05) is 17.3 Å². The summed E-state index contributed by atoms with van der Waals surface area (Å²) in [5, 5.41) is 8.62. The van der Waals surface area contributed by atoms with E-state index in [1.807, 2.05) is 37.3 Å². The van der Waals surface area contributed by atoms with E-state index in [1.165, 1.54) is 6.20 Å². The van der Waals surface area contributed by atoms with Gasteiger partial charge in [0.05, 0.1) is 23.8 Å². The molecule has 2 atom stereocenters. The number of halogens is 1. The highest BCUT2D eigenvalue weighted by molar-refractivity contribution is 5.84. The molecule has 7 heteroatoms. The van der Waals surface area contributed by atoms with Crippen molar-refractivity contribution in [3.05, 3.63) is 77.5 Å². The fourth-order valence-electron chi connectivity index (χ4n) is 4.07. The Morgan fingerprint density at radius 2 is 2.00 bits per heavy atom. The number of pyridine rings is 2. The summed E-state index contributed by atoms with van der Waals surface area (Å²) in [5.74, 6) is 0.512. The zero-order valence-corrected chi connectivity index (χ0v) is 15.3. The molecule has 1 aliphatic heterocycles. The summed E-state index contributed by atoms with van der Waals surface area (Å²) in [6.07, 6.45) is 3.74. The van der Waals surface area contributed by atoms with E-state index in [0.717, 1.165) is 27.7 Å². The number of fused-ring (bicyclic) bond motifs is 2. The second kappa shape index (κ2) is 6.30. The van der Waals surface area contributed by atoms with E-state index >= 15 is 0 Å². The largest absolute Gasteiger partial charge is 0.384 e. The number of rotatable bonds is 2. The van der Waals surface area contributed by atoms with Gasteiger partial charge in [-0.05, 0) is 48.7 Å². The molecule has 5 rings (SSSR count). The molecule has 4 heterocycles. The summed E-state index contributed by atoms with van der Waals surface area (Å²) in [7, 11) is 0. The van der Waals surface area contributed by atoms with Crippen LogP contribution in [-0.4, -0.2) is 19.7 Å². The highest BCUT2D eigenvalue weighted by Crippen LogP contribution is 2.41. The van der Waals surface area contributed by atoms with Gasteiger partial charge >= 0.3 is 0 Å². The van der Waals surface area contributed by atoms with Crippen LogP contribution in [0.5, 0.6) is 0 Å². The zero-order valence-electron chi connectivity index (χ0n) is 15.3. The molecule has 0 fully saturated rings. The van der Waals surface area contributed by atoms with E-state index in [0.29, 0.717) is 18.1 Å². The van der Waals surface area contributed by atoms with Crippen LogP contribution in [0.3, 0.4) is 0 Å². The Morgan fingerprint density at radius 3 is 2.86 bits per heavy atom. The Labute approximate surface area is 161 Å². The minimum Gasteiger partial charge on any atom is -0.384 e. The topological polar surface area (TPSA) is 81.7 Å². The Morgan fingerprint density at radius 1 is 1.14 bits per heavy atom. The molecule has 0 saturated heterocycles. The second-order valence-electron chi connectivity index (χ2n) is 7.06. The normalized spacial score (nSPS) is 18.6. The molecule has 140 valence electrons.